The lowest BCUT2D eigenvalue weighted by Crippen LogP contribution is -2.35. The van der Waals surface area contributed by atoms with Crippen molar-refractivity contribution in [3.63, 3.8) is 0 Å². The number of aliphatic hydroxyl groups is 1. The third kappa shape index (κ3) is 5.44. The van der Waals surface area contributed by atoms with E-state index in [1.54, 1.807) is 13.0 Å². The number of thiazole rings is 1. The van der Waals surface area contributed by atoms with Gasteiger partial charge in [-0.05, 0) is 37.1 Å². The van der Waals surface area contributed by atoms with Crippen molar-refractivity contribution >= 4 is 68.9 Å². The standard InChI is InChI=1S/C27H21ClN4O3S3/c1-15-24(37-16(2)29-15)22(33)21-20(13-10-17-6-4-3-5-7-17)32(25(35)23(21)34)26-30-31-27(38-26)36-14-18-8-11-19(28)12-9-18/h3-13,20,34H,14H2,1-2H3. The molecule has 0 radical (unpaired) electrons. The topological polar surface area (TPSA) is 96.3 Å². The summed E-state index contributed by atoms with van der Waals surface area (Å²) in [4.78, 5) is 33.0. The van der Waals surface area contributed by atoms with Gasteiger partial charge in [-0.3, -0.25) is 14.5 Å². The number of anilines is 1. The number of hydrogen-bond donors (Lipinski definition) is 1. The molecule has 38 heavy (non-hydrogen) atoms. The largest absolute Gasteiger partial charge is 0.503 e. The Balaban J connectivity index is 1.47. The van der Waals surface area contributed by atoms with E-state index in [2.05, 4.69) is 15.2 Å². The number of halogens is 1. The highest BCUT2D eigenvalue weighted by Crippen LogP contribution is 2.38. The molecule has 0 fully saturated rings. The minimum atomic E-state index is -0.862. The Labute approximate surface area is 236 Å². The Morgan fingerprint density at radius 3 is 2.53 bits per heavy atom. The van der Waals surface area contributed by atoms with Crippen molar-refractivity contribution in [2.75, 3.05) is 4.90 Å². The Morgan fingerprint density at radius 2 is 1.84 bits per heavy atom. The zero-order chi connectivity index (χ0) is 26.8. The summed E-state index contributed by atoms with van der Waals surface area (Å²) in [6, 6.07) is 16.2. The maximum atomic E-state index is 13.6. The van der Waals surface area contributed by atoms with Crippen LogP contribution in [0.15, 0.2) is 76.3 Å². The van der Waals surface area contributed by atoms with Gasteiger partial charge < -0.3 is 5.11 Å². The van der Waals surface area contributed by atoms with Crippen molar-refractivity contribution in [3.05, 3.63) is 104 Å². The fourth-order valence-corrected chi connectivity index (χ4v) is 6.80. The highest BCUT2D eigenvalue weighted by atomic mass is 35.5. The van der Waals surface area contributed by atoms with Crippen LogP contribution in [0.25, 0.3) is 6.08 Å². The number of aryl methyl sites for hydroxylation is 2. The smallest absolute Gasteiger partial charge is 0.296 e. The lowest BCUT2D eigenvalue weighted by Gasteiger charge is -2.20. The first kappa shape index (κ1) is 26.3. The Kier molecular flexibility index (Phi) is 7.75. The molecule has 1 aliphatic rings. The van der Waals surface area contributed by atoms with Gasteiger partial charge in [0.2, 0.25) is 10.9 Å². The first-order valence-electron chi connectivity index (χ1n) is 11.5. The fourth-order valence-electron chi connectivity index (χ4n) is 3.97. The van der Waals surface area contributed by atoms with Gasteiger partial charge in [0.1, 0.15) is 0 Å². The molecule has 2 aromatic heterocycles. The number of Topliss-reactive ketones (excluding diaryl/α,β-unsaturated/α-hetero) is 1. The van der Waals surface area contributed by atoms with Crippen LogP contribution in [-0.2, 0) is 10.5 Å². The van der Waals surface area contributed by atoms with Crippen LogP contribution >= 0.6 is 46.0 Å². The van der Waals surface area contributed by atoms with E-state index < -0.39 is 23.5 Å². The molecule has 0 aliphatic carbocycles. The lowest BCUT2D eigenvalue weighted by atomic mass is 10.0. The zero-order valence-corrected chi connectivity index (χ0v) is 23.5. The van der Waals surface area contributed by atoms with Gasteiger partial charge in [-0.25, -0.2) is 4.98 Å². The summed E-state index contributed by atoms with van der Waals surface area (Å²) in [5.74, 6) is -1.06. The van der Waals surface area contributed by atoms with Crippen molar-refractivity contribution in [1.82, 2.24) is 15.2 Å². The van der Waals surface area contributed by atoms with Crippen molar-refractivity contribution in [2.45, 2.75) is 30.0 Å². The summed E-state index contributed by atoms with van der Waals surface area (Å²) in [6.07, 6.45) is 3.55. The Morgan fingerprint density at radius 1 is 1.11 bits per heavy atom. The van der Waals surface area contributed by atoms with Crippen LogP contribution in [0.1, 0.15) is 31.5 Å². The predicted molar refractivity (Wildman–Crippen MR) is 153 cm³/mol. The lowest BCUT2D eigenvalue weighted by molar-refractivity contribution is -0.116. The van der Waals surface area contributed by atoms with Gasteiger partial charge in [-0.15, -0.1) is 21.5 Å². The molecular weight excluding hydrogens is 560 g/mol. The molecule has 1 aliphatic heterocycles. The number of carbonyl (C=O) groups excluding carboxylic acids is 2. The molecule has 0 saturated carbocycles. The second kappa shape index (κ2) is 11.2. The summed E-state index contributed by atoms with van der Waals surface area (Å²) >= 11 is 9.91. The van der Waals surface area contributed by atoms with Crippen LogP contribution < -0.4 is 4.90 Å². The molecule has 0 saturated heterocycles. The number of carbonyl (C=O) groups is 2. The molecule has 2 aromatic carbocycles. The van der Waals surface area contributed by atoms with Gasteiger partial charge in [0, 0.05) is 10.8 Å². The molecule has 192 valence electrons. The van der Waals surface area contributed by atoms with E-state index >= 15 is 0 Å². The van der Waals surface area contributed by atoms with Gasteiger partial charge in [-0.1, -0.05) is 89.3 Å². The second-order valence-electron chi connectivity index (χ2n) is 8.39. The number of amides is 1. The van der Waals surface area contributed by atoms with Gasteiger partial charge >= 0.3 is 0 Å². The van der Waals surface area contributed by atoms with Crippen molar-refractivity contribution in [1.29, 1.82) is 0 Å². The number of rotatable bonds is 8. The Hall–Kier alpha value is -3.31. The molecule has 1 atom stereocenters. The van der Waals surface area contributed by atoms with Crippen molar-refractivity contribution in [2.24, 2.45) is 0 Å². The van der Waals surface area contributed by atoms with E-state index in [1.165, 1.54) is 39.3 Å². The molecule has 1 unspecified atom stereocenters. The summed E-state index contributed by atoms with van der Waals surface area (Å²) in [5, 5.41) is 21.1. The van der Waals surface area contributed by atoms with E-state index in [-0.39, 0.29) is 5.57 Å². The number of aliphatic hydroxyl groups excluding tert-OH is 1. The first-order chi connectivity index (χ1) is 18.3. The summed E-state index contributed by atoms with van der Waals surface area (Å²) in [6.45, 7) is 3.55. The molecular formula is C27H21ClN4O3S3. The monoisotopic (exact) mass is 580 g/mol. The number of aromatic nitrogens is 3. The molecule has 7 nitrogen and oxygen atoms in total. The number of benzene rings is 2. The van der Waals surface area contributed by atoms with Crippen LogP contribution in [0.2, 0.25) is 5.02 Å². The summed E-state index contributed by atoms with van der Waals surface area (Å²) in [5.41, 5.74) is 2.52. The van der Waals surface area contributed by atoms with Crippen LogP contribution in [0, 0.1) is 13.8 Å². The van der Waals surface area contributed by atoms with E-state index in [0.717, 1.165) is 16.1 Å². The Bertz CT molecular complexity index is 1560. The normalized spacial score (nSPS) is 15.7. The highest BCUT2D eigenvalue weighted by Gasteiger charge is 2.44. The molecule has 1 amide bonds. The third-order valence-electron chi connectivity index (χ3n) is 5.75. The maximum Gasteiger partial charge on any atom is 0.296 e. The average Bonchev–Trinajstić information content (AvgIpc) is 3.58. The minimum Gasteiger partial charge on any atom is -0.503 e. The number of nitrogens with zero attached hydrogens (tertiary/aromatic N) is 4. The maximum absolute atomic E-state index is 13.6. The molecule has 0 bridgehead atoms. The van der Waals surface area contributed by atoms with Gasteiger partial charge in [0.15, 0.2) is 10.1 Å². The molecule has 4 aromatic rings. The van der Waals surface area contributed by atoms with Gasteiger partial charge in [0.25, 0.3) is 5.91 Å². The molecule has 5 rings (SSSR count). The highest BCUT2D eigenvalue weighted by molar-refractivity contribution is 8.00. The van der Waals surface area contributed by atoms with Gasteiger partial charge in [-0.2, -0.15) is 0 Å². The van der Waals surface area contributed by atoms with E-state index in [9.17, 15) is 14.7 Å². The summed E-state index contributed by atoms with van der Waals surface area (Å²) < 4.78 is 0.654. The number of thioether (sulfide) groups is 1. The third-order valence-corrected chi connectivity index (χ3v) is 9.20. The predicted octanol–water partition coefficient (Wildman–Crippen LogP) is 6.68. The molecule has 3 heterocycles. The average molecular weight is 581 g/mol. The molecule has 11 heteroatoms. The SMILES string of the molecule is Cc1nc(C)c(C(=O)C2=C(O)C(=O)N(c3nnc(SCc4ccc(Cl)cc4)s3)C2C=Cc2ccccc2)s1. The quantitative estimate of drug-likeness (QED) is 0.141. The van der Waals surface area contributed by atoms with E-state index in [0.29, 0.717) is 30.8 Å². The zero-order valence-electron chi connectivity index (χ0n) is 20.3. The van der Waals surface area contributed by atoms with Crippen LogP contribution in [0.5, 0.6) is 0 Å². The van der Waals surface area contributed by atoms with Crippen LogP contribution in [0.3, 0.4) is 0 Å². The second-order valence-corrected chi connectivity index (χ2v) is 12.2. The van der Waals surface area contributed by atoms with E-state index in [1.807, 2.05) is 67.6 Å². The van der Waals surface area contributed by atoms with Crippen LogP contribution in [-0.4, -0.2) is 38.0 Å². The van der Waals surface area contributed by atoms with Crippen molar-refractivity contribution < 1.29 is 14.7 Å². The minimum absolute atomic E-state index is 0.000464. The van der Waals surface area contributed by atoms with Crippen LogP contribution in [0.4, 0.5) is 5.13 Å². The van der Waals surface area contributed by atoms with Gasteiger partial charge in [0.05, 0.1) is 27.2 Å². The fraction of sp³-hybridized carbons (Fsp3) is 0.148. The first-order valence-corrected chi connectivity index (χ1v) is 14.5. The summed E-state index contributed by atoms with van der Waals surface area (Å²) in [7, 11) is 0. The van der Waals surface area contributed by atoms with Crippen molar-refractivity contribution in [3.8, 4) is 0 Å². The number of hydrogen-bond acceptors (Lipinski definition) is 9. The van der Waals surface area contributed by atoms with E-state index in [4.69, 9.17) is 11.6 Å². The number of ketones is 1. The molecule has 0 spiro atoms. The molecule has 1 N–H and O–H groups in total.